The van der Waals surface area contributed by atoms with Gasteiger partial charge in [0.1, 0.15) is 0 Å². The molecule has 100 valence electrons. The fourth-order valence-electron chi connectivity index (χ4n) is 1.78. The molecule has 1 heterocycles. The highest BCUT2D eigenvalue weighted by Gasteiger charge is 2.06. The van der Waals surface area contributed by atoms with Crippen LogP contribution in [-0.2, 0) is 6.54 Å². The SMILES string of the molecule is CNC(=O)c1ccc(NCc2cc(Br)cs2)c(C)c1. The third kappa shape index (κ3) is 3.58. The fraction of sp³-hybridized carbons (Fsp3) is 0.214. The van der Waals surface area contributed by atoms with Gasteiger partial charge >= 0.3 is 0 Å². The third-order valence-corrected chi connectivity index (χ3v) is 4.49. The minimum atomic E-state index is -0.0585. The fourth-order valence-corrected chi connectivity index (χ4v) is 3.17. The van der Waals surface area contributed by atoms with Gasteiger partial charge in [-0.25, -0.2) is 0 Å². The Balaban J connectivity index is 2.07. The Labute approximate surface area is 125 Å². The van der Waals surface area contributed by atoms with Crippen molar-refractivity contribution in [2.45, 2.75) is 13.5 Å². The monoisotopic (exact) mass is 338 g/mol. The second-order valence-corrected chi connectivity index (χ2v) is 6.11. The van der Waals surface area contributed by atoms with E-state index in [0.717, 1.165) is 22.3 Å². The number of carbonyl (C=O) groups is 1. The first-order valence-electron chi connectivity index (χ1n) is 5.89. The van der Waals surface area contributed by atoms with Crippen molar-refractivity contribution in [3.05, 3.63) is 50.1 Å². The van der Waals surface area contributed by atoms with E-state index in [0.29, 0.717) is 5.56 Å². The third-order valence-electron chi connectivity index (χ3n) is 2.79. The molecule has 1 aromatic heterocycles. The number of nitrogens with one attached hydrogen (secondary N) is 2. The largest absolute Gasteiger partial charge is 0.380 e. The Hall–Kier alpha value is -1.33. The highest BCUT2D eigenvalue weighted by atomic mass is 79.9. The predicted molar refractivity (Wildman–Crippen MR) is 83.9 cm³/mol. The Kier molecular flexibility index (Phi) is 4.61. The molecule has 0 saturated carbocycles. The second-order valence-electron chi connectivity index (χ2n) is 4.19. The molecule has 0 unspecified atom stereocenters. The smallest absolute Gasteiger partial charge is 0.251 e. The highest BCUT2D eigenvalue weighted by molar-refractivity contribution is 9.10. The molecule has 0 spiro atoms. The molecule has 1 aromatic carbocycles. The van der Waals surface area contributed by atoms with Crippen LogP contribution in [-0.4, -0.2) is 13.0 Å². The number of anilines is 1. The Bertz CT molecular complexity index is 595. The molecule has 0 atom stereocenters. The normalized spacial score (nSPS) is 10.3. The molecular weight excluding hydrogens is 324 g/mol. The summed E-state index contributed by atoms with van der Waals surface area (Å²) in [6.07, 6.45) is 0. The lowest BCUT2D eigenvalue weighted by Gasteiger charge is -2.10. The van der Waals surface area contributed by atoms with Gasteiger partial charge in [0.25, 0.3) is 5.91 Å². The van der Waals surface area contributed by atoms with Gasteiger partial charge < -0.3 is 10.6 Å². The zero-order valence-electron chi connectivity index (χ0n) is 10.8. The van der Waals surface area contributed by atoms with Gasteiger partial charge in [0, 0.05) is 39.6 Å². The lowest BCUT2D eigenvalue weighted by atomic mass is 10.1. The van der Waals surface area contributed by atoms with E-state index in [9.17, 15) is 4.79 Å². The van der Waals surface area contributed by atoms with Gasteiger partial charge in [-0.15, -0.1) is 11.3 Å². The van der Waals surface area contributed by atoms with Gasteiger partial charge in [-0.3, -0.25) is 4.79 Å². The molecule has 5 heteroatoms. The van der Waals surface area contributed by atoms with Crippen LogP contribution in [0.5, 0.6) is 0 Å². The van der Waals surface area contributed by atoms with E-state index in [1.165, 1.54) is 4.88 Å². The minimum absolute atomic E-state index is 0.0585. The van der Waals surface area contributed by atoms with Gasteiger partial charge in [0.2, 0.25) is 0 Å². The van der Waals surface area contributed by atoms with E-state index in [1.54, 1.807) is 18.4 Å². The van der Waals surface area contributed by atoms with Gasteiger partial charge in [0.15, 0.2) is 0 Å². The first-order valence-corrected chi connectivity index (χ1v) is 7.57. The summed E-state index contributed by atoms with van der Waals surface area (Å²) in [6.45, 7) is 2.79. The van der Waals surface area contributed by atoms with Crippen LogP contribution in [0.4, 0.5) is 5.69 Å². The average molecular weight is 339 g/mol. The maximum atomic E-state index is 11.5. The quantitative estimate of drug-likeness (QED) is 0.890. The molecule has 0 aliphatic carbocycles. The van der Waals surface area contributed by atoms with Crippen molar-refractivity contribution in [2.75, 3.05) is 12.4 Å². The van der Waals surface area contributed by atoms with Gasteiger partial charge in [-0.2, -0.15) is 0 Å². The van der Waals surface area contributed by atoms with E-state index in [1.807, 2.05) is 25.1 Å². The van der Waals surface area contributed by atoms with Crippen LogP contribution in [0.2, 0.25) is 0 Å². The summed E-state index contributed by atoms with van der Waals surface area (Å²) in [6, 6.07) is 7.78. The van der Waals surface area contributed by atoms with E-state index in [2.05, 4.69) is 38.0 Å². The van der Waals surface area contributed by atoms with E-state index >= 15 is 0 Å². The minimum Gasteiger partial charge on any atom is -0.380 e. The van der Waals surface area contributed by atoms with Crippen molar-refractivity contribution in [3.63, 3.8) is 0 Å². The first-order chi connectivity index (χ1) is 9.10. The molecular formula is C14H15BrN2OS. The first kappa shape index (κ1) is 14.1. The summed E-state index contributed by atoms with van der Waals surface area (Å²) in [5.41, 5.74) is 2.80. The Morgan fingerprint density at radius 1 is 1.37 bits per heavy atom. The molecule has 2 N–H and O–H groups in total. The van der Waals surface area contributed by atoms with E-state index in [4.69, 9.17) is 0 Å². The summed E-state index contributed by atoms with van der Waals surface area (Å²) in [5, 5.41) is 8.08. The zero-order valence-corrected chi connectivity index (χ0v) is 13.2. The van der Waals surface area contributed by atoms with E-state index < -0.39 is 0 Å². The lowest BCUT2D eigenvalue weighted by Crippen LogP contribution is -2.17. The number of benzene rings is 1. The molecule has 0 bridgehead atoms. The van der Waals surface area contributed by atoms with Crippen molar-refractivity contribution in [3.8, 4) is 0 Å². The molecule has 0 aliphatic heterocycles. The number of amides is 1. The second kappa shape index (κ2) is 6.21. The number of carbonyl (C=O) groups excluding carboxylic acids is 1. The van der Waals surface area contributed by atoms with Crippen LogP contribution in [0, 0.1) is 6.92 Å². The average Bonchev–Trinajstić information content (AvgIpc) is 2.82. The number of rotatable bonds is 4. The Morgan fingerprint density at radius 2 is 2.16 bits per heavy atom. The maximum absolute atomic E-state index is 11.5. The molecule has 1 amide bonds. The van der Waals surface area contributed by atoms with Crippen molar-refractivity contribution in [1.82, 2.24) is 5.32 Å². The zero-order chi connectivity index (χ0) is 13.8. The number of thiophene rings is 1. The van der Waals surface area contributed by atoms with Crippen molar-refractivity contribution in [1.29, 1.82) is 0 Å². The molecule has 0 fully saturated rings. The van der Waals surface area contributed by atoms with Crippen LogP contribution in [0.15, 0.2) is 34.1 Å². The van der Waals surface area contributed by atoms with Crippen molar-refractivity contribution < 1.29 is 4.79 Å². The van der Waals surface area contributed by atoms with Crippen LogP contribution < -0.4 is 10.6 Å². The van der Waals surface area contributed by atoms with Crippen LogP contribution in [0.25, 0.3) is 0 Å². The van der Waals surface area contributed by atoms with Crippen LogP contribution in [0.3, 0.4) is 0 Å². The van der Waals surface area contributed by atoms with E-state index in [-0.39, 0.29) is 5.91 Å². The molecule has 2 aromatic rings. The molecule has 0 aliphatic rings. The molecule has 19 heavy (non-hydrogen) atoms. The number of hydrogen-bond acceptors (Lipinski definition) is 3. The summed E-state index contributed by atoms with van der Waals surface area (Å²) >= 11 is 5.16. The summed E-state index contributed by atoms with van der Waals surface area (Å²) in [4.78, 5) is 12.8. The molecule has 2 rings (SSSR count). The predicted octanol–water partition coefficient (Wildman–Crippen LogP) is 3.79. The topological polar surface area (TPSA) is 41.1 Å². The summed E-state index contributed by atoms with van der Waals surface area (Å²) < 4.78 is 1.11. The van der Waals surface area contributed by atoms with Gasteiger partial charge in [-0.1, -0.05) is 0 Å². The number of aryl methyl sites for hydroxylation is 1. The van der Waals surface area contributed by atoms with Crippen molar-refractivity contribution >= 4 is 38.9 Å². The standard InChI is InChI=1S/C14H15BrN2OS/c1-9-5-10(14(18)16-2)3-4-13(9)17-7-12-6-11(15)8-19-12/h3-6,8,17H,7H2,1-2H3,(H,16,18). The maximum Gasteiger partial charge on any atom is 0.251 e. The molecule has 0 saturated heterocycles. The molecule has 0 radical (unpaired) electrons. The lowest BCUT2D eigenvalue weighted by molar-refractivity contribution is 0.0963. The van der Waals surface area contributed by atoms with Gasteiger partial charge in [-0.05, 0) is 52.7 Å². The van der Waals surface area contributed by atoms with Crippen LogP contribution in [0.1, 0.15) is 20.8 Å². The summed E-state index contributed by atoms with van der Waals surface area (Å²) in [5.74, 6) is -0.0585. The highest BCUT2D eigenvalue weighted by Crippen LogP contribution is 2.22. The Morgan fingerprint density at radius 3 is 2.74 bits per heavy atom. The number of halogens is 1. The van der Waals surface area contributed by atoms with Gasteiger partial charge in [0.05, 0.1) is 0 Å². The number of hydrogen-bond donors (Lipinski definition) is 2. The van der Waals surface area contributed by atoms with Crippen molar-refractivity contribution in [2.24, 2.45) is 0 Å². The van der Waals surface area contributed by atoms with Crippen LogP contribution >= 0.6 is 27.3 Å². The molecule has 3 nitrogen and oxygen atoms in total. The summed E-state index contributed by atoms with van der Waals surface area (Å²) in [7, 11) is 1.64.